The molecule has 2 fully saturated rings. The molecular weight excluding hydrogens is 406 g/mol. The molecule has 0 bridgehead atoms. The Morgan fingerprint density at radius 1 is 1.03 bits per heavy atom. The third-order valence-corrected chi connectivity index (χ3v) is 7.55. The predicted molar refractivity (Wildman–Crippen MR) is 111 cm³/mol. The van der Waals surface area contributed by atoms with Gasteiger partial charge in [-0.2, -0.15) is 4.31 Å². The predicted octanol–water partition coefficient (Wildman–Crippen LogP) is 1.87. The number of amides is 1. The SMILES string of the molecule is O=C(NC[C@H](c1ccco1)N1CCCC1)c1ccc(S(=O)(=O)N2CCOCC2)cc1. The van der Waals surface area contributed by atoms with Crippen molar-refractivity contribution in [2.45, 2.75) is 23.8 Å². The van der Waals surface area contributed by atoms with Crippen LogP contribution in [0.25, 0.3) is 0 Å². The number of hydrogen-bond donors (Lipinski definition) is 1. The summed E-state index contributed by atoms with van der Waals surface area (Å²) in [5.41, 5.74) is 0.426. The van der Waals surface area contributed by atoms with Gasteiger partial charge in [-0.3, -0.25) is 9.69 Å². The Balaban J connectivity index is 1.41. The molecule has 2 aliphatic rings. The second kappa shape index (κ2) is 9.30. The van der Waals surface area contributed by atoms with E-state index in [4.69, 9.17) is 9.15 Å². The van der Waals surface area contributed by atoms with Crippen molar-refractivity contribution in [3.63, 3.8) is 0 Å². The van der Waals surface area contributed by atoms with Crippen molar-refractivity contribution >= 4 is 15.9 Å². The molecule has 8 nitrogen and oxygen atoms in total. The first-order valence-electron chi connectivity index (χ1n) is 10.3. The minimum atomic E-state index is -3.57. The van der Waals surface area contributed by atoms with Crippen molar-refractivity contribution in [3.05, 3.63) is 54.0 Å². The molecule has 0 spiro atoms. The third kappa shape index (κ3) is 4.59. The number of hydrogen-bond acceptors (Lipinski definition) is 6. The average Bonchev–Trinajstić information content (AvgIpc) is 3.50. The van der Waals surface area contributed by atoms with Crippen molar-refractivity contribution in [2.75, 3.05) is 45.9 Å². The van der Waals surface area contributed by atoms with Crippen LogP contribution in [0.2, 0.25) is 0 Å². The number of sulfonamides is 1. The van der Waals surface area contributed by atoms with Gasteiger partial charge in [0.15, 0.2) is 0 Å². The summed E-state index contributed by atoms with van der Waals surface area (Å²) in [7, 11) is -3.57. The highest BCUT2D eigenvalue weighted by atomic mass is 32.2. The number of carbonyl (C=O) groups is 1. The zero-order valence-corrected chi connectivity index (χ0v) is 17.6. The molecule has 4 rings (SSSR count). The fraction of sp³-hybridized carbons (Fsp3) is 0.476. The molecule has 30 heavy (non-hydrogen) atoms. The topological polar surface area (TPSA) is 92.1 Å². The number of ether oxygens (including phenoxy) is 1. The van der Waals surface area contributed by atoms with Crippen LogP contribution in [0.15, 0.2) is 52.0 Å². The Hall–Kier alpha value is -2.20. The molecule has 1 aromatic heterocycles. The maximum absolute atomic E-state index is 12.7. The van der Waals surface area contributed by atoms with Gasteiger partial charge in [0.05, 0.1) is 30.4 Å². The lowest BCUT2D eigenvalue weighted by molar-refractivity contribution is 0.0730. The molecule has 9 heteroatoms. The monoisotopic (exact) mass is 433 g/mol. The van der Waals surface area contributed by atoms with E-state index in [1.165, 1.54) is 16.4 Å². The van der Waals surface area contributed by atoms with Crippen LogP contribution < -0.4 is 5.32 Å². The summed E-state index contributed by atoms with van der Waals surface area (Å²) in [5.74, 6) is 0.602. The fourth-order valence-electron chi connectivity index (χ4n) is 3.95. The molecule has 3 heterocycles. The van der Waals surface area contributed by atoms with Crippen LogP contribution >= 0.6 is 0 Å². The molecule has 0 unspecified atom stereocenters. The van der Waals surface area contributed by atoms with Gasteiger partial charge < -0.3 is 14.5 Å². The molecule has 2 saturated heterocycles. The summed E-state index contributed by atoms with van der Waals surface area (Å²) < 4.78 is 37.6. The second-order valence-electron chi connectivity index (χ2n) is 7.53. The van der Waals surface area contributed by atoms with Crippen LogP contribution in [-0.4, -0.2) is 69.5 Å². The van der Waals surface area contributed by atoms with Crippen LogP contribution in [0.3, 0.4) is 0 Å². The summed E-state index contributed by atoms with van der Waals surface area (Å²) in [4.78, 5) is 15.2. The Bertz CT molecular complexity index is 932. The lowest BCUT2D eigenvalue weighted by atomic mass is 10.1. The van der Waals surface area contributed by atoms with E-state index in [1.54, 1.807) is 18.4 Å². The number of benzene rings is 1. The Morgan fingerprint density at radius 3 is 2.37 bits per heavy atom. The van der Waals surface area contributed by atoms with Gasteiger partial charge >= 0.3 is 0 Å². The van der Waals surface area contributed by atoms with E-state index in [0.29, 0.717) is 38.4 Å². The molecule has 1 amide bonds. The second-order valence-corrected chi connectivity index (χ2v) is 9.46. The van der Waals surface area contributed by atoms with Crippen molar-refractivity contribution in [1.29, 1.82) is 0 Å². The molecular formula is C21H27N3O5S. The van der Waals surface area contributed by atoms with Crippen LogP contribution in [0.5, 0.6) is 0 Å². The minimum Gasteiger partial charge on any atom is -0.468 e. The van der Waals surface area contributed by atoms with Gasteiger partial charge in [-0.25, -0.2) is 8.42 Å². The van der Waals surface area contributed by atoms with Gasteiger partial charge in [0.1, 0.15) is 5.76 Å². The van der Waals surface area contributed by atoms with Gasteiger partial charge in [0, 0.05) is 25.2 Å². The van der Waals surface area contributed by atoms with E-state index >= 15 is 0 Å². The molecule has 162 valence electrons. The lowest BCUT2D eigenvalue weighted by Gasteiger charge is -2.26. The molecule has 0 saturated carbocycles. The number of likely N-dealkylation sites (tertiary alicyclic amines) is 1. The summed E-state index contributed by atoms with van der Waals surface area (Å²) in [6.45, 7) is 3.87. The number of furan rings is 1. The van der Waals surface area contributed by atoms with E-state index in [0.717, 1.165) is 31.7 Å². The van der Waals surface area contributed by atoms with E-state index in [9.17, 15) is 13.2 Å². The minimum absolute atomic E-state index is 0.00702. The standard InChI is InChI=1S/C21H27N3O5S/c25-21(22-16-19(20-4-3-13-29-20)23-9-1-2-10-23)17-5-7-18(8-6-17)30(26,27)24-11-14-28-15-12-24/h3-8,13,19H,1-2,9-12,14-16H2,(H,22,25)/t19-/m1/s1. The highest BCUT2D eigenvalue weighted by Crippen LogP contribution is 2.25. The summed E-state index contributed by atoms with van der Waals surface area (Å²) in [5, 5.41) is 2.97. The van der Waals surface area contributed by atoms with Crippen molar-refractivity contribution in [2.24, 2.45) is 0 Å². The van der Waals surface area contributed by atoms with Crippen molar-refractivity contribution in [3.8, 4) is 0 Å². The van der Waals surface area contributed by atoms with Crippen molar-refractivity contribution in [1.82, 2.24) is 14.5 Å². The summed E-state index contributed by atoms with van der Waals surface area (Å²) >= 11 is 0. The molecule has 0 aliphatic carbocycles. The van der Waals surface area contributed by atoms with Crippen LogP contribution in [0.4, 0.5) is 0 Å². The van der Waals surface area contributed by atoms with E-state index in [2.05, 4.69) is 10.2 Å². The van der Waals surface area contributed by atoms with E-state index < -0.39 is 10.0 Å². The zero-order chi connectivity index (χ0) is 21.0. The fourth-order valence-corrected chi connectivity index (χ4v) is 5.36. The normalized spacial score (nSPS) is 19.6. The van der Waals surface area contributed by atoms with Gasteiger partial charge in [0.2, 0.25) is 10.0 Å². The van der Waals surface area contributed by atoms with E-state index in [-0.39, 0.29) is 16.8 Å². The number of rotatable bonds is 7. The number of morpholine rings is 1. The maximum atomic E-state index is 12.7. The zero-order valence-electron chi connectivity index (χ0n) is 16.8. The molecule has 1 N–H and O–H groups in total. The molecule has 1 atom stereocenters. The number of nitrogens with one attached hydrogen (secondary N) is 1. The Labute approximate surface area is 176 Å². The third-order valence-electron chi connectivity index (χ3n) is 5.63. The quantitative estimate of drug-likeness (QED) is 0.717. The van der Waals surface area contributed by atoms with Crippen LogP contribution in [-0.2, 0) is 14.8 Å². The first-order chi connectivity index (χ1) is 14.6. The van der Waals surface area contributed by atoms with Gasteiger partial charge in [-0.15, -0.1) is 0 Å². The highest BCUT2D eigenvalue weighted by molar-refractivity contribution is 7.89. The summed E-state index contributed by atoms with van der Waals surface area (Å²) in [6.07, 6.45) is 3.93. The molecule has 1 aromatic carbocycles. The number of nitrogens with zero attached hydrogens (tertiary/aromatic N) is 2. The highest BCUT2D eigenvalue weighted by Gasteiger charge is 2.27. The largest absolute Gasteiger partial charge is 0.468 e. The molecule has 0 radical (unpaired) electrons. The summed E-state index contributed by atoms with van der Waals surface area (Å²) in [6, 6.07) is 9.87. The van der Waals surface area contributed by atoms with E-state index in [1.807, 2.05) is 12.1 Å². The Kier molecular flexibility index (Phi) is 6.52. The van der Waals surface area contributed by atoms with Crippen LogP contribution in [0.1, 0.15) is 35.0 Å². The lowest BCUT2D eigenvalue weighted by Crippen LogP contribution is -2.40. The average molecular weight is 434 g/mol. The van der Waals surface area contributed by atoms with Crippen molar-refractivity contribution < 1.29 is 22.4 Å². The molecule has 2 aromatic rings. The smallest absolute Gasteiger partial charge is 0.251 e. The maximum Gasteiger partial charge on any atom is 0.251 e. The van der Waals surface area contributed by atoms with Crippen LogP contribution in [0, 0.1) is 0 Å². The van der Waals surface area contributed by atoms with Gasteiger partial charge in [0.25, 0.3) is 5.91 Å². The Morgan fingerprint density at radius 2 is 1.73 bits per heavy atom. The number of carbonyl (C=O) groups excluding carboxylic acids is 1. The molecule has 2 aliphatic heterocycles. The first kappa shape index (κ1) is 21.0. The van der Waals surface area contributed by atoms with Gasteiger partial charge in [-0.05, 0) is 62.3 Å². The van der Waals surface area contributed by atoms with Gasteiger partial charge in [-0.1, -0.05) is 0 Å². The first-order valence-corrected chi connectivity index (χ1v) is 11.7.